The van der Waals surface area contributed by atoms with Crippen molar-refractivity contribution < 1.29 is 29.0 Å². The van der Waals surface area contributed by atoms with Crippen LogP contribution >= 0.6 is 11.6 Å². The molecule has 0 saturated carbocycles. The van der Waals surface area contributed by atoms with E-state index in [1.807, 2.05) is 6.92 Å². The van der Waals surface area contributed by atoms with Crippen molar-refractivity contribution in [2.45, 2.75) is 44.6 Å². The van der Waals surface area contributed by atoms with Gasteiger partial charge in [0.1, 0.15) is 30.9 Å². The van der Waals surface area contributed by atoms with Gasteiger partial charge in [0.2, 0.25) is 0 Å². The average Bonchev–Trinajstić information content (AvgIpc) is 3.59. The summed E-state index contributed by atoms with van der Waals surface area (Å²) in [6.45, 7) is 2.32. The zero-order valence-corrected chi connectivity index (χ0v) is 20.6. The quantitative estimate of drug-likeness (QED) is 0.259. The molecule has 3 aromatic heterocycles. The van der Waals surface area contributed by atoms with Crippen LogP contribution in [0.1, 0.15) is 23.2 Å². The van der Waals surface area contributed by atoms with Gasteiger partial charge in [0.25, 0.3) is 5.91 Å². The van der Waals surface area contributed by atoms with Crippen molar-refractivity contribution >= 4 is 34.5 Å². The molecule has 1 aliphatic heterocycles. The van der Waals surface area contributed by atoms with E-state index in [1.54, 1.807) is 24.3 Å². The third-order valence-corrected chi connectivity index (χ3v) is 6.13. The Bertz CT molecular complexity index is 1430. The monoisotopic (exact) mass is 529 g/mol. The van der Waals surface area contributed by atoms with Crippen LogP contribution in [0.4, 0.5) is 5.82 Å². The number of anilines is 1. The van der Waals surface area contributed by atoms with Crippen molar-refractivity contribution in [3.8, 4) is 5.75 Å². The normalized spacial score (nSPS) is 21.3. The summed E-state index contributed by atoms with van der Waals surface area (Å²) in [4.78, 5) is 24.9. The first-order valence-corrected chi connectivity index (χ1v) is 11.7. The number of aryl methyl sites for hydroxylation is 1. The second kappa shape index (κ2) is 10.3. The number of amides is 1. The van der Waals surface area contributed by atoms with Crippen molar-refractivity contribution in [3.05, 3.63) is 59.0 Å². The van der Waals surface area contributed by atoms with Gasteiger partial charge in [-0.1, -0.05) is 16.8 Å². The van der Waals surface area contributed by atoms with Crippen LogP contribution < -0.4 is 15.4 Å². The standard InChI is InChI=1S/C23H24ClN7O6/c1-11-5-14(37-30-11)8-35-15-4-3-13(24)6-12(15)7-26-20-16-21(28-9-27-20)31(10-29-16)23-18(33)17(32)19(36-23)22(34)25-2/h3-6,9-10,17-19,23,32-33H,7-8H2,1-2H3,(H,25,34)(H,26,27,28)/t17-,18+,19-,23+/m0/s1. The molecule has 1 fully saturated rings. The summed E-state index contributed by atoms with van der Waals surface area (Å²) < 4.78 is 18.2. The molecule has 0 radical (unpaired) electrons. The number of ether oxygens (including phenoxy) is 2. The van der Waals surface area contributed by atoms with Gasteiger partial charge >= 0.3 is 0 Å². The summed E-state index contributed by atoms with van der Waals surface area (Å²) in [6.07, 6.45) is -2.35. The van der Waals surface area contributed by atoms with E-state index in [0.29, 0.717) is 40.1 Å². The molecule has 0 spiro atoms. The number of imidazole rings is 1. The molecule has 0 bridgehead atoms. The van der Waals surface area contributed by atoms with E-state index in [1.165, 1.54) is 24.3 Å². The van der Waals surface area contributed by atoms with Gasteiger partial charge in [-0.25, -0.2) is 15.0 Å². The fourth-order valence-corrected chi connectivity index (χ4v) is 4.25. The molecular formula is C23H24ClN7O6. The molecule has 1 saturated heterocycles. The molecule has 37 heavy (non-hydrogen) atoms. The van der Waals surface area contributed by atoms with Gasteiger partial charge in [-0.05, 0) is 25.1 Å². The summed E-state index contributed by atoms with van der Waals surface area (Å²) in [6, 6.07) is 7.06. The van der Waals surface area contributed by atoms with Crippen LogP contribution in [0.3, 0.4) is 0 Å². The van der Waals surface area contributed by atoms with Crippen LogP contribution in [0.5, 0.6) is 5.75 Å². The Morgan fingerprint density at radius 2 is 2.05 bits per heavy atom. The van der Waals surface area contributed by atoms with Crippen LogP contribution in [-0.2, 0) is 22.7 Å². The highest BCUT2D eigenvalue weighted by Crippen LogP contribution is 2.33. The van der Waals surface area contributed by atoms with Crippen molar-refractivity contribution in [1.29, 1.82) is 0 Å². The molecule has 0 unspecified atom stereocenters. The fourth-order valence-electron chi connectivity index (χ4n) is 4.05. The van der Waals surface area contributed by atoms with Gasteiger partial charge in [0, 0.05) is 30.2 Å². The van der Waals surface area contributed by atoms with E-state index in [4.69, 9.17) is 25.6 Å². The van der Waals surface area contributed by atoms with Crippen LogP contribution in [0.15, 0.2) is 41.4 Å². The van der Waals surface area contributed by atoms with Gasteiger partial charge in [0.15, 0.2) is 35.1 Å². The van der Waals surface area contributed by atoms with E-state index in [-0.39, 0.29) is 6.61 Å². The molecule has 4 N–H and O–H groups in total. The summed E-state index contributed by atoms with van der Waals surface area (Å²) in [5.74, 6) is 1.05. The number of rotatable bonds is 8. The second-order valence-electron chi connectivity index (χ2n) is 8.42. The van der Waals surface area contributed by atoms with E-state index in [2.05, 4.69) is 30.7 Å². The smallest absolute Gasteiger partial charge is 0.251 e. The Balaban J connectivity index is 1.35. The largest absolute Gasteiger partial charge is 0.485 e. The Hall–Kier alpha value is -3.78. The topological polar surface area (TPSA) is 170 Å². The van der Waals surface area contributed by atoms with E-state index in [0.717, 1.165) is 11.3 Å². The molecule has 1 amide bonds. The van der Waals surface area contributed by atoms with Crippen molar-refractivity contribution in [2.24, 2.45) is 0 Å². The number of nitrogens with zero attached hydrogens (tertiary/aromatic N) is 5. The third kappa shape index (κ3) is 4.93. The second-order valence-corrected chi connectivity index (χ2v) is 8.85. The fraction of sp³-hybridized carbons (Fsp3) is 0.348. The molecule has 4 aromatic rings. The minimum atomic E-state index is -1.41. The van der Waals surface area contributed by atoms with Crippen molar-refractivity contribution in [1.82, 2.24) is 30.0 Å². The first kappa shape index (κ1) is 24.9. The number of hydrogen-bond donors (Lipinski definition) is 4. The number of aliphatic hydroxyl groups is 2. The highest BCUT2D eigenvalue weighted by atomic mass is 35.5. The van der Waals surface area contributed by atoms with Gasteiger partial charge in [0.05, 0.1) is 12.0 Å². The lowest BCUT2D eigenvalue weighted by atomic mass is 10.1. The number of aliphatic hydroxyl groups excluding tert-OH is 2. The SMILES string of the molecule is CNC(=O)[C@H]1O[C@@H](n2cnc3c(NCc4cc(Cl)ccc4OCc4cc(C)no4)ncnc32)[C@H](O)[C@@H]1O. The predicted molar refractivity (Wildman–Crippen MR) is 130 cm³/mol. The number of hydrogen-bond acceptors (Lipinski definition) is 11. The summed E-state index contributed by atoms with van der Waals surface area (Å²) in [5.41, 5.74) is 2.27. The summed E-state index contributed by atoms with van der Waals surface area (Å²) >= 11 is 6.22. The molecule has 1 aliphatic rings. The minimum absolute atomic E-state index is 0.199. The molecule has 4 atom stereocenters. The van der Waals surface area contributed by atoms with Crippen LogP contribution in [0, 0.1) is 6.92 Å². The maximum atomic E-state index is 12.0. The van der Waals surface area contributed by atoms with Crippen molar-refractivity contribution in [3.63, 3.8) is 0 Å². The van der Waals surface area contributed by atoms with E-state index >= 15 is 0 Å². The first-order valence-electron chi connectivity index (χ1n) is 11.3. The third-order valence-electron chi connectivity index (χ3n) is 5.89. The lowest BCUT2D eigenvalue weighted by Crippen LogP contribution is -2.41. The molecule has 4 heterocycles. The first-order chi connectivity index (χ1) is 17.9. The maximum absolute atomic E-state index is 12.0. The van der Waals surface area contributed by atoms with Crippen LogP contribution in [0.25, 0.3) is 11.2 Å². The minimum Gasteiger partial charge on any atom is -0.485 e. The average molecular weight is 530 g/mol. The van der Waals surface area contributed by atoms with Gasteiger partial charge in [-0.3, -0.25) is 9.36 Å². The molecule has 1 aromatic carbocycles. The molecule has 194 valence electrons. The molecule has 14 heteroatoms. The lowest BCUT2D eigenvalue weighted by molar-refractivity contribution is -0.137. The summed E-state index contributed by atoms with van der Waals surface area (Å²) in [7, 11) is 1.42. The van der Waals surface area contributed by atoms with Gasteiger partial charge in [-0.15, -0.1) is 0 Å². The van der Waals surface area contributed by atoms with Crippen LogP contribution in [-0.4, -0.2) is 66.2 Å². The van der Waals surface area contributed by atoms with Gasteiger partial charge in [-0.2, -0.15) is 0 Å². The van der Waals surface area contributed by atoms with Crippen molar-refractivity contribution in [2.75, 3.05) is 12.4 Å². The lowest BCUT2D eigenvalue weighted by Gasteiger charge is -2.16. The molecule has 13 nitrogen and oxygen atoms in total. The number of aromatic nitrogens is 5. The number of carbonyl (C=O) groups is 1. The Morgan fingerprint density at radius 3 is 2.81 bits per heavy atom. The zero-order valence-electron chi connectivity index (χ0n) is 19.8. The summed E-state index contributed by atoms with van der Waals surface area (Å²) in [5, 5.41) is 30.8. The number of carbonyl (C=O) groups excluding carboxylic acids is 1. The van der Waals surface area contributed by atoms with Crippen LogP contribution in [0.2, 0.25) is 5.02 Å². The number of likely N-dealkylation sites (N-methyl/N-ethyl adjacent to an activating group) is 1. The number of fused-ring (bicyclic) bond motifs is 1. The molecule has 5 rings (SSSR count). The highest BCUT2D eigenvalue weighted by molar-refractivity contribution is 6.30. The Kier molecular flexibility index (Phi) is 6.93. The zero-order chi connectivity index (χ0) is 26.1. The predicted octanol–water partition coefficient (Wildman–Crippen LogP) is 1.33. The Labute approximate surface area is 215 Å². The van der Waals surface area contributed by atoms with E-state index in [9.17, 15) is 15.0 Å². The number of benzene rings is 1. The maximum Gasteiger partial charge on any atom is 0.251 e. The number of nitrogens with one attached hydrogen (secondary N) is 2. The van der Waals surface area contributed by atoms with E-state index < -0.39 is 30.4 Å². The van der Waals surface area contributed by atoms with Gasteiger partial charge < -0.3 is 34.8 Å². The molecular weight excluding hydrogens is 506 g/mol. The number of halogens is 1. The Morgan fingerprint density at radius 1 is 1.22 bits per heavy atom. The highest BCUT2D eigenvalue weighted by Gasteiger charge is 2.47. The molecule has 0 aliphatic carbocycles.